The third-order valence-electron chi connectivity index (χ3n) is 2.15. The number of carbonyl (C=O) groups excluding carboxylic acids is 1. The van der Waals surface area contributed by atoms with Gasteiger partial charge in [-0.3, -0.25) is 4.79 Å². The molecule has 0 fully saturated rings. The van der Waals surface area contributed by atoms with Crippen LogP contribution in [-0.2, 0) is 0 Å². The number of aldehydes is 1. The van der Waals surface area contributed by atoms with Gasteiger partial charge in [0.05, 0.1) is 10.6 Å². The molecule has 0 saturated carbocycles. The number of rotatable bonds is 2. The summed E-state index contributed by atoms with van der Waals surface area (Å²) < 4.78 is 0. The van der Waals surface area contributed by atoms with E-state index in [2.05, 4.69) is 4.98 Å². The minimum Gasteiger partial charge on any atom is -0.384 e. The zero-order valence-corrected chi connectivity index (χ0v) is 9.04. The summed E-state index contributed by atoms with van der Waals surface area (Å²) in [6.07, 6.45) is 0.806. The Morgan fingerprint density at radius 3 is 2.80 bits per heavy atom. The van der Waals surface area contributed by atoms with Gasteiger partial charge in [0, 0.05) is 5.56 Å². The van der Waals surface area contributed by atoms with E-state index in [4.69, 9.17) is 5.73 Å². The summed E-state index contributed by atoms with van der Waals surface area (Å²) in [6.45, 7) is 1.99. The number of nitrogens with two attached hydrogens (primary N) is 1. The Balaban J connectivity index is 2.65. The number of hydrogen-bond acceptors (Lipinski definition) is 4. The molecule has 0 radical (unpaired) electrons. The molecule has 15 heavy (non-hydrogen) atoms. The molecule has 0 saturated heterocycles. The van der Waals surface area contributed by atoms with Crippen molar-refractivity contribution in [1.82, 2.24) is 4.98 Å². The van der Waals surface area contributed by atoms with Crippen molar-refractivity contribution in [2.24, 2.45) is 0 Å². The first-order valence-corrected chi connectivity index (χ1v) is 5.36. The van der Waals surface area contributed by atoms with Gasteiger partial charge in [-0.2, -0.15) is 0 Å². The van der Waals surface area contributed by atoms with Crippen molar-refractivity contribution in [2.75, 3.05) is 5.73 Å². The molecule has 2 N–H and O–H groups in total. The van der Waals surface area contributed by atoms with Crippen LogP contribution in [0.25, 0.3) is 10.6 Å². The van der Waals surface area contributed by atoms with Crippen LogP contribution < -0.4 is 5.73 Å². The first kappa shape index (κ1) is 9.86. The molecule has 0 spiro atoms. The summed E-state index contributed by atoms with van der Waals surface area (Å²) in [7, 11) is 0. The topological polar surface area (TPSA) is 56.0 Å². The molecule has 2 aromatic rings. The molecule has 0 atom stereocenters. The van der Waals surface area contributed by atoms with Crippen LogP contribution in [0, 0.1) is 6.92 Å². The van der Waals surface area contributed by atoms with Gasteiger partial charge in [0.25, 0.3) is 0 Å². The molecule has 2 heterocycles. The molecule has 3 nitrogen and oxygen atoms in total. The normalized spacial score (nSPS) is 10.2. The lowest BCUT2D eigenvalue weighted by atomic mass is 10.1. The summed E-state index contributed by atoms with van der Waals surface area (Å²) >= 11 is 1.56. The second-order valence-electron chi connectivity index (χ2n) is 3.22. The lowest BCUT2D eigenvalue weighted by Crippen LogP contribution is -1.96. The van der Waals surface area contributed by atoms with E-state index >= 15 is 0 Å². The maximum absolute atomic E-state index is 10.9. The number of pyridine rings is 1. The van der Waals surface area contributed by atoms with Crippen molar-refractivity contribution >= 4 is 23.4 Å². The van der Waals surface area contributed by atoms with E-state index in [1.54, 1.807) is 23.5 Å². The molecule has 0 aliphatic carbocycles. The first-order chi connectivity index (χ1) is 7.22. The first-order valence-electron chi connectivity index (χ1n) is 4.48. The highest BCUT2D eigenvalue weighted by Gasteiger charge is 2.10. The molecule has 0 amide bonds. The summed E-state index contributed by atoms with van der Waals surface area (Å²) in [5.41, 5.74) is 7.98. The van der Waals surface area contributed by atoms with Crippen molar-refractivity contribution in [3.63, 3.8) is 0 Å². The molecule has 4 heteroatoms. The van der Waals surface area contributed by atoms with E-state index in [1.165, 1.54) is 0 Å². The van der Waals surface area contributed by atoms with Gasteiger partial charge in [-0.15, -0.1) is 11.3 Å². The number of aryl methyl sites for hydroxylation is 1. The number of nitrogen functional groups attached to an aromatic ring is 1. The van der Waals surface area contributed by atoms with Gasteiger partial charge in [-0.1, -0.05) is 0 Å². The van der Waals surface area contributed by atoms with Crippen LogP contribution in [0.2, 0.25) is 0 Å². The van der Waals surface area contributed by atoms with Crippen LogP contribution in [0.15, 0.2) is 23.6 Å². The van der Waals surface area contributed by atoms with Gasteiger partial charge >= 0.3 is 0 Å². The fourth-order valence-electron chi connectivity index (χ4n) is 1.38. The van der Waals surface area contributed by atoms with Crippen molar-refractivity contribution in [3.8, 4) is 10.6 Å². The highest BCUT2D eigenvalue weighted by Crippen LogP contribution is 2.30. The predicted octanol–water partition coefficient (Wildman–Crippen LogP) is 2.51. The number of nitrogens with zero attached hydrogens (tertiary/aromatic N) is 1. The smallest absolute Gasteiger partial charge is 0.152 e. The number of anilines is 1. The molecular formula is C11H10N2OS. The van der Waals surface area contributed by atoms with Crippen molar-refractivity contribution < 1.29 is 4.79 Å². The van der Waals surface area contributed by atoms with E-state index < -0.39 is 0 Å². The molecule has 0 aliphatic heterocycles. The summed E-state index contributed by atoms with van der Waals surface area (Å²) in [4.78, 5) is 16.1. The zero-order chi connectivity index (χ0) is 10.8. The van der Waals surface area contributed by atoms with Crippen LogP contribution >= 0.6 is 11.3 Å². The third kappa shape index (κ3) is 1.76. The van der Waals surface area contributed by atoms with E-state index in [1.807, 2.05) is 18.4 Å². The summed E-state index contributed by atoms with van der Waals surface area (Å²) in [5, 5.41) is 1.98. The second-order valence-corrected chi connectivity index (χ2v) is 4.14. The lowest BCUT2D eigenvalue weighted by molar-refractivity contribution is 0.112. The maximum atomic E-state index is 10.9. The third-order valence-corrected chi connectivity index (χ3v) is 3.18. The highest BCUT2D eigenvalue weighted by molar-refractivity contribution is 7.13. The average molecular weight is 218 g/mol. The fourth-order valence-corrected chi connectivity index (χ4v) is 2.31. The minimum absolute atomic E-state index is 0.434. The number of carbonyl (C=O) groups is 1. The van der Waals surface area contributed by atoms with Crippen LogP contribution in [0.5, 0.6) is 0 Å². The molecule has 0 aromatic carbocycles. The lowest BCUT2D eigenvalue weighted by Gasteiger charge is -2.03. The van der Waals surface area contributed by atoms with Gasteiger partial charge in [0.2, 0.25) is 0 Å². The van der Waals surface area contributed by atoms with Crippen molar-refractivity contribution in [2.45, 2.75) is 6.92 Å². The maximum Gasteiger partial charge on any atom is 0.152 e. The Labute approximate surface area is 91.6 Å². The molecule has 76 valence electrons. The van der Waals surface area contributed by atoms with Gasteiger partial charge in [-0.05, 0) is 36.1 Å². The van der Waals surface area contributed by atoms with E-state index in [0.717, 1.165) is 16.7 Å². The molecule has 0 aliphatic rings. The van der Waals surface area contributed by atoms with Gasteiger partial charge in [0.15, 0.2) is 6.29 Å². The molecule has 2 rings (SSSR count). The molecular weight excluding hydrogens is 208 g/mol. The zero-order valence-electron chi connectivity index (χ0n) is 8.23. The summed E-state index contributed by atoms with van der Waals surface area (Å²) in [6, 6.07) is 5.33. The molecule has 0 bridgehead atoms. The Hall–Kier alpha value is -1.68. The Bertz CT molecular complexity index is 505. The SMILES string of the molecule is Cc1ccsc1-c1nc(N)ccc1C=O. The summed E-state index contributed by atoms with van der Waals surface area (Å²) in [5.74, 6) is 0.434. The quantitative estimate of drug-likeness (QED) is 0.788. The van der Waals surface area contributed by atoms with Crippen LogP contribution in [0.3, 0.4) is 0 Å². The number of thiophene rings is 1. The second kappa shape index (κ2) is 3.82. The van der Waals surface area contributed by atoms with Gasteiger partial charge in [0.1, 0.15) is 5.82 Å². The Morgan fingerprint density at radius 2 is 2.20 bits per heavy atom. The predicted molar refractivity (Wildman–Crippen MR) is 62.1 cm³/mol. The van der Waals surface area contributed by atoms with Gasteiger partial charge in [-0.25, -0.2) is 4.98 Å². The Morgan fingerprint density at radius 1 is 1.40 bits per heavy atom. The highest BCUT2D eigenvalue weighted by atomic mass is 32.1. The van der Waals surface area contributed by atoms with Crippen molar-refractivity contribution in [3.05, 3.63) is 34.7 Å². The van der Waals surface area contributed by atoms with E-state index in [0.29, 0.717) is 17.1 Å². The molecule has 2 aromatic heterocycles. The van der Waals surface area contributed by atoms with E-state index in [9.17, 15) is 4.79 Å². The van der Waals surface area contributed by atoms with Crippen LogP contribution in [0.1, 0.15) is 15.9 Å². The van der Waals surface area contributed by atoms with E-state index in [-0.39, 0.29) is 0 Å². The number of hydrogen-bond donors (Lipinski definition) is 1. The largest absolute Gasteiger partial charge is 0.384 e. The molecule has 0 unspecified atom stereocenters. The standard InChI is InChI=1S/C11H10N2OS/c1-7-4-5-15-11(7)10-8(6-14)2-3-9(12)13-10/h2-6H,1H3,(H2,12,13). The monoisotopic (exact) mass is 218 g/mol. The van der Waals surface area contributed by atoms with Gasteiger partial charge < -0.3 is 5.73 Å². The average Bonchev–Trinajstić information content (AvgIpc) is 2.64. The van der Waals surface area contributed by atoms with Crippen LogP contribution in [0.4, 0.5) is 5.82 Å². The Kier molecular flexibility index (Phi) is 2.51. The minimum atomic E-state index is 0.434. The van der Waals surface area contributed by atoms with Crippen LogP contribution in [-0.4, -0.2) is 11.3 Å². The van der Waals surface area contributed by atoms with Crippen molar-refractivity contribution in [1.29, 1.82) is 0 Å². The number of aromatic nitrogens is 1. The fraction of sp³-hybridized carbons (Fsp3) is 0.0909.